The lowest BCUT2D eigenvalue weighted by atomic mass is 10.1. The number of aromatic nitrogens is 1. The Morgan fingerprint density at radius 3 is 2.40 bits per heavy atom. The number of hydrogen-bond donors (Lipinski definition) is 0. The highest BCUT2D eigenvalue weighted by Crippen LogP contribution is 2.35. The third kappa shape index (κ3) is 2.38. The van der Waals surface area contributed by atoms with E-state index >= 15 is 0 Å². The largest absolute Gasteiger partial charge is 0.245 e. The average molecular weight is 314 g/mol. The van der Waals surface area contributed by atoms with Crippen molar-refractivity contribution in [3.63, 3.8) is 0 Å². The lowest BCUT2D eigenvalue weighted by molar-refractivity contribution is 1.25. The molecule has 0 aliphatic carbocycles. The highest BCUT2D eigenvalue weighted by Gasteiger charge is 2.15. The Bertz CT molecular complexity index is 753. The summed E-state index contributed by atoms with van der Waals surface area (Å²) in [4.78, 5) is 7.87. The maximum Gasteiger partial charge on any atom is 0.103 e. The van der Waals surface area contributed by atoms with Gasteiger partial charge in [0.2, 0.25) is 0 Å². The molecule has 20 heavy (non-hydrogen) atoms. The van der Waals surface area contributed by atoms with E-state index in [9.17, 15) is 5.26 Å². The van der Waals surface area contributed by atoms with Crippen LogP contribution in [0.2, 0.25) is 0 Å². The smallest absolute Gasteiger partial charge is 0.103 e. The van der Waals surface area contributed by atoms with Crippen molar-refractivity contribution in [3.05, 3.63) is 46.7 Å². The molecule has 0 bridgehead atoms. The van der Waals surface area contributed by atoms with Gasteiger partial charge in [-0.2, -0.15) is 5.26 Å². The minimum Gasteiger partial charge on any atom is -0.245 e. The molecule has 0 saturated carbocycles. The van der Waals surface area contributed by atoms with Crippen molar-refractivity contribution < 1.29 is 0 Å². The van der Waals surface area contributed by atoms with Crippen LogP contribution in [-0.4, -0.2) is 11.2 Å². The van der Waals surface area contributed by atoms with Crippen molar-refractivity contribution in [1.29, 1.82) is 5.26 Å². The van der Waals surface area contributed by atoms with E-state index in [1.54, 1.807) is 34.4 Å². The Balaban J connectivity index is 2.26. The van der Waals surface area contributed by atoms with E-state index in [-0.39, 0.29) is 0 Å². The molecule has 0 amide bonds. The minimum absolute atomic E-state index is 0.667. The summed E-state index contributed by atoms with van der Waals surface area (Å²) in [7, 11) is 0. The first kappa shape index (κ1) is 13.4. The molecule has 0 radical (unpaired) electrons. The van der Waals surface area contributed by atoms with Crippen molar-refractivity contribution in [2.24, 2.45) is 0 Å². The zero-order chi connectivity index (χ0) is 13.9. The van der Waals surface area contributed by atoms with Crippen LogP contribution in [0.3, 0.4) is 0 Å². The molecule has 3 heterocycles. The SMILES string of the molecule is CSc1cc(-c2cccs2)nc(-c2cccs2)c1C#N. The number of rotatable bonds is 3. The first-order valence-electron chi connectivity index (χ1n) is 5.90. The van der Waals surface area contributed by atoms with Crippen molar-refractivity contribution in [2.45, 2.75) is 4.90 Å². The molecule has 3 rings (SSSR count). The van der Waals surface area contributed by atoms with Gasteiger partial charge in [-0.25, -0.2) is 4.98 Å². The van der Waals surface area contributed by atoms with Gasteiger partial charge in [-0.1, -0.05) is 12.1 Å². The summed E-state index contributed by atoms with van der Waals surface area (Å²) in [5, 5.41) is 13.5. The molecule has 5 heteroatoms. The molecule has 0 aliphatic heterocycles. The Labute approximate surface area is 129 Å². The molecule has 3 aromatic heterocycles. The standard InChI is InChI=1S/C15H10N2S3/c1-18-14-8-11(12-4-2-6-19-12)17-15(10(14)9-16)13-5-3-7-20-13/h2-8H,1H3. The molecule has 0 fully saturated rings. The summed E-state index contributed by atoms with van der Waals surface area (Å²) >= 11 is 4.86. The lowest BCUT2D eigenvalue weighted by Crippen LogP contribution is -1.93. The summed E-state index contributed by atoms with van der Waals surface area (Å²) in [5.41, 5.74) is 2.39. The molecule has 98 valence electrons. The molecule has 0 aromatic carbocycles. The van der Waals surface area contributed by atoms with Gasteiger partial charge >= 0.3 is 0 Å². The predicted molar refractivity (Wildman–Crippen MR) is 87.4 cm³/mol. The van der Waals surface area contributed by atoms with E-state index in [1.165, 1.54) is 0 Å². The molecular weight excluding hydrogens is 304 g/mol. The molecule has 3 aromatic rings. The van der Waals surface area contributed by atoms with E-state index in [1.807, 2.05) is 41.3 Å². The van der Waals surface area contributed by atoms with Crippen molar-refractivity contribution >= 4 is 34.4 Å². The monoisotopic (exact) mass is 314 g/mol. The summed E-state index contributed by atoms with van der Waals surface area (Å²) in [5.74, 6) is 0. The second kappa shape index (κ2) is 5.80. The first-order chi connectivity index (χ1) is 9.83. The summed E-state index contributed by atoms with van der Waals surface area (Å²) < 4.78 is 0. The zero-order valence-electron chi connectivity index (χ0n) is 10.7. The van der Waals surface area contributed by atoms with Gasteiger partial charge < -0.3 is 0 Å². The average Bonchev–Trinajstić information content (AvgIpc) is 3.18. The van der Waals surface area contributed by atoms with E-state index in [0.29, 0.717) is 5.56 Å². The molecule has 0 N–H and O–H groups in total. The van der Waals surface area contributed by atoms with E-state index in [4.69, 9.17) is 4.98 Å². The Hall–Kier alpha value is -1.61. The van der Waals surface area contributed by atoms with E-state index < -0.39 is 0 Å². The van der Waals surface area contributed by atoms with Crippen LogP contribution in [0, 0.1) is 11.3 Å². The van der Waals surface area contributed by atoms with Crippen LogP contribution in [0.4, 0.5) is 0 Å². The van der Waals surface area contributed by atoms with Crippen LogP contribution < -0.4 is 0 Å². The number of thiophene rings is 2. The second-order valence-corrected chi connectivity index (χ2v) is 6.74. The van der Waals surface area contributed by atoms with E-state index in [0.717, 1.165) is 26.0 Å². The van der Waals surface area contributed by atoms with Gasteiger partial charge in [-0.3, -0.25) is 0 Å². The summed E-state index contributed by atoms with van der Waals surface area (Å²) in [6.45, 7) is 0. The van der Waals surface area contributed by atoms with Gasteiger partial charge in [0, 0.05) is 4.90 Å². The fraction of sp³-hybridized carbons (Fsp3) is 0.0667. The maximum absolute atomic E-state index is 9.45. The molecule has 2 nitrogen and oxygen atoms in total. The number of nitriles is 1. The van der Waals surface area contributed by atoms with Gasteiger partial charge in [-0.05, 0) is 35.2 Å². The van der Waals surface area contributed by atoms with Crippen molar-refractivity contribution in [3.8, 4) is 27.2 Å². The van der Waals surface area contributed by atoms with Crippen LogP contribution >= 0.6 is 34.4 Å². The zero-order valence-corrected chi connectivity index (χ0v) is 13.1. The fourth-order valence-corrected chi connectivity index (χ4v) is 3.92. The third-order valence-electron chi connectivity index (χ3n) is 2.84. The molecule has 0 saturated heterocycles. The summed E-state index contributed by atoms with van der Waals surface area (Å²) in [6, 6.07) is 12.4. The Kier molecular flexibility index (Phi) is 3.88. The highest BCUT2D eigenvalue weighted by molar-refractivity contribution is 7.98. The van der Waals surface area contributed by atoms with Gasteiger partial charge in [-0.15, -0.1) is 34.4 Å². The van der Waals surface area contributed by atoms with Crippen LogP contribution in [0.15, 0.2) is 46.0 Å². The quantitative estimate of drug-likeness (QED) is 0.629. The maximum atomic E-state index is 9.45. The van der Waals surface area contributed by atoms with Gasteiger partial charge in [0.15, 0.2) is 0 Å². The molecule has 0 atom stereocenters. The lowest BCUT2D eigenvalue weighted by Gasteiger charge is -2.08. The Morgan fingerprint density at radius 1 is 1.15 bits per heavy atom. The minimum atomic E-state index is 0.667. The third-order valence-corrected chi connectivity index (χ3v) is 5.37. The van der Waals surface area contributed by atoms with Crippen LogP contribution in [0.25, 0.3) is 21.1 Å². The van der Waals surface area contributed by atoms with E-state index in [2.05, 4.69) is 12.1 Å². The molecule has 0 spiro atoms. The molecule has 0 aliphatic rings. The van der Waals surface area contributed by atoms with Crippen molar-refractivity contribution in [2.75, 3.05) is 6.26 Å². The van der Waals surface area contributed by atoms with Gasteiger partial charge in [0.25, 0.3) is 0 Å². The van der Waals surface area contributed by atoms with Crippen LogP contribution in [-0.2, 0) is 0 Å². The fourth-order valence-electron chi connectivity index (χ4n) is 1.93. The van der Waals surface area contributed by atoms with Gasteiger partial charge in [0.05, 0.1) is 26.7 Å². The summed E-state index contributed by atoms with van der Waals surface area (Å²) in [6.07, 6.45) is 1.99. The first-order valence-corrected chi connectivity index (χ1v) is 8.88. The topological polar surface area (TPSA) is 36.7 Å². The highest BCUT2D eigenvalue weighted by atomic mass is 32.2. The number of pyridine rings is 1. The number of thioether (sulfide) groups is 1. The second-order valence-electron chi connectivity index (χ2n) is 4.00. The van der Waals surface area contributed by atoms with Crippen LogP contribution in [0.1, 0.15) is 5.56 Å². The van der Waals surface area contributed by atoms with Gasteiger partial charge in [0.1, 0.15) is 6.07 Å². The van der Waals surface area contributed by atoms with Crippen molar-refractivity contribution in [1.82, 2.24) is 4.98 Å². The van der Waals surface area contributed by atoms with Crippen LogP contribution in [0.5, 0.6) is 0 Å². The number of hydrogen-bond acceptors (Lipinski definition) is 5. The predicted octanol–water partition coefficient (Wildman–Crippen LogP) is 5.13. The molecule has 0 unspecified atom stereocenters. The Morgan fingerprint density at radius 2 is 1.85 bits per heavy atom. The number of nitrogens with zero attached hydrogens (tertiary/aromatic N) is 2. The molecular formula is C15H10N2S3. The normalized spacial score (nSPS) is 10.4.